The van der Waals surface area contributed by atoms with Gasteiger partial charge in [-0.1, -0.05) is 43.1 Å². The van der Waals surface area contributed by atoms with Crippen molar-refractivity contribution in [2.75, 3.05) is 6.61 Å². The molecule has 2 aliphatic rings. The molecule has 0 aliphatic heterocycles. The fourth-order valence-corrected chi connectivity index (χ4v) is 6.33. The molecule has 0 amide bonds. The molecule has 5 nitrogen and oxygen atoms in total. The monoisotopic (exact) mass is 501 g/mol. The molecule has 2 unspecified atom stereocenters. The fourth-order valence-electron chi connectivity index (χ4n) is 4.93. The summed E-state index contributed by atoms with van der Waals surface area (Å²) >= 11 is 5.89. The van der Waals surface area contributed by atoms with Gasteiger partial charge in [0.25, 0.3) is 0 Å². The normalized spacial score (nSPS) is 20.5. The number of ether oxygens (including phenoxy) is 1. The molecule has 0 bridgehead atoms. The van der Waals surface area contributed by atoms with Gasteiger partial charge in [0.15, 0.2) is 5.78 Å². The van der Waals surface area contributed by atoms with Crippen molar-refractivity contribution in [2.24, 2.45) is 5.92 Å². The zero-order valence-electron chi connectivity index (χ0n) is 19.8. The Bertz CT molecular complexity index is 1190. The number of sulfonamides is 1. The van der Waals surface area contributed by atoms with Crippen LogP contribution in [0.25, 0.3) is 0 Å². The third-order valence-electron chi connectivity index (χ3n) is 6.86. The van der Waals surface area contributed by atoms with Crippen molar-refractivity contribution in [3.63, 3.8) is 0 Å². The van der Waals surface area contributed by atoms with Gasteiger partial charge in [0.2, 0.25) is 10.0 Å². The van der Waals surface area contributed by atoms with Gasteiger partial charge in [-0.05, 0) is 80.0 Å². The Morgan fingerprint density at radius 3 is 2.62 bits per heavy atom. The molecule has 4 rings (SSSR count). The van der Waals surface area contributed by atoms with Crippen molar-refractivity contribution in [3.05, 3.63) is 75.5 Å². The highest BCUT2D eigenvalue weighted by Gasteiger charge is 2.33. The smallest absolute Gasteiger partial charge is 0.240 e. The van der Waals surface area contributed by atoms with Gasteiger partial charge in [0, 0.05) is 29.0 Å². The van der Waals surface area contributed by atoms with Crippen molar-refractivity contribution in [1.82, 2.24) is 4.72 Å². The number of halogens is 1. The summed E-state index contributed by atoms with van der Waals surface area (Å²) in [5.74, 6) is 0.961. The number of hydrogen-bond acceptors (Lipinski definition) is 4. The molecule has 2 aromatic carbocycles. The van der Waals surface area contributed by atoms with Gasteiger partial charge >= 0.3 is 0 Å². The molecule has 1 N–H and O–H groups in total. The first-order chi connectivity index (χ1) is 16.3. The summed E-state index contributed by atoms with van der Waals surface area (Å²) in [6.45, 7) is 4.66. The maximum absolute atomic E-state index is 12.9. The number of unbranched alkanes of at least 4 members (excludes halogenated alkanes) is 1. The Morgan fingerprint density at radius 1 is 1.12 bits per heavy atom. The lowest BCUT2D eigenvalue weighted by Gasteiger charge is -2.27. The van der Waals surface area contributed by atoms with E-state index in [1.807, 2.05) is 13.0 Å². The van der Waals surface area contributed by atoms with Crippen LogP contribution in [0.15, 0.2) is 58.7 Å². The Balaban J connectivity index is 1.42. The lowest BCUT2D eigenvalue weighted by atomic mass is 9.82. The highest BCUT2D eigenvalue weighted by molar-refractivity contribution is 7.89. The van der Waals surface area contributed by atoms with E-state index in [-0.39, 0.29) is 22.6 Å². The third kappa shape index (κ3) is 5.56. The minimum atomic E-state index is -3.61. The first-order valence-electron chi connectivity index (χ1n) is 12.0. The molecule has 0 heterocycles. The summed E-state index contributed by atoms with van der Waals surface area (Å²) < 4.78 is 34.4. The quantitative estimate of drug-likeness (QED) is 0.467. The number of carbonyl (C=O) groups excluding carboxylic acids is 1. The molecule has 2 aromatic rings. The Labute approximate surface area is 207 Å². The average molecular weight is 502 g/mol. The van der Waals surface area contributed by atoms with Gasteiger partial charge in [0.05, 0.1) is 11.5 Å². The van der Waals surface area contributed by atoms with Crippen molar-refractivity contribution < 1.29 is 17.9 Å². The van der Waals surface area contributed by atoms with Crippen LogP contribution in [0.3, 0.4) is 0 Å². The third-order valence-corrected chi connectivity index (χ3v) is 8.64. The number of hydrogen-bond donors (Lipinski definition) is 1. The molecular weight excluding hydrogens is 470 g/mol. The van der Waals surface area contributed by atoms with Crippen LogP contribution in [0, 0.1) is 5.92 Å². The van der Waals surface area contributed by atoms with Crippen LogP contribution in [0.2, 0.25) is 5.02 Å². The molecule has 2 atom stereocenters. The Kier molecular flexibility index (Phi) is 7.80. The number of nitrogens with one attached hydrogen (secondary N) is 1. The fraction of sp³-hybridized carbons (Fsp3) is 0.444. The molecule has 0 spiro atoms. The highest BCUT2D eigenvalue weighted by atomic mass is 35.5. The maximum Gasteiger partial charge on any atom is 0.240 e. The second-order valence-corrected chi connectivity index (χ2v) is 11.4. The van der Waals surface area contributed by atoms with E-state index < -0.39 is 10.0 Å². The molecule has 34 heavy (non-hydrogen) atoms. The van der Waals surface area contributed by atoms with Gasteiger partial charge in [-0.3, -0.25) is 4.79 Å². The summed E-state index contributed by atoms with van der Waals surface area (Å²) in [4.78, 5) is 13.1. The van der Waals surface area contributed by atoms with E-state index in [4.69, 9.17) is 16.3 Å². The summed E-state index contributed by atoms with van der Waals surface area (Å²) in [6, 6.07) is 12.2. The number of Topliss-reactive ketones (excluding diaryl/α,β-unsaturated/α-hetero) is 1. The number of benzene rings is 2. The van der Waals surface area contributed by atoms with Gasteiger partial charge in [-0.2, -0.15) is 0 Å². The standard InChI is InChI=1S/C27H32ClNO4S/c1-3-4-14-33-26-17-21(27(30)18(26)2)15-19-6-5-7-20-16-23(10-13-25(19)20)29-34(31,32)24-11-8-22(28)9-12-24/h5-9,11-12,21,23,29H,3-4,10,13-17H2,1-2H3. The Morgan fingerprint density at radius 2 is 1.88 bits per heavy atom. The van der Waals surface area contributed by atoms with E-state index in [1.165, 1.54) is 23.3 Å². The predicted molar refractivity (Wildman–Crippen MR) is 134 cm³/mol. The minimum Gasteiger partial charge on any atom is -0.498 e. The van der Waals surface area contributed by atoms with Crippen molar-refractivity contribution in [3.8, 4) is 0 Å². The second-order valence-electron chi connectivity index (χ2n) is 9.29. The van der Waals surface area contributed by atoms with Crippen molar-refractivity contribution in [2.45, 2.75) is 69.7 Å². The number of allylic oxidation sites excluding steroid dienone is 2. The van der Waals surface area contributed by atoms with Gasteiger partial charge < -0.3 is 4.74 Å². The van der Waals surface area contributed by atoms with Gasteiger partial charge in [-0.25, -0.2) is 13.1 Å². The second kappa shape index (κ2) is 10.6. The van der Waals surface area contributed by atoms with E-state index in [0.29, 0.717) is 30.9 Å². The van der Waals surface area contributed by atoms with Gasteiger partial charge in [0.1, 0.15) is 5.76 Å². The summed E-state index contributed by atoms with van der Waals surface area (Å²) in [5, 5.41) is 0.504. The minimum absolute atomic E-state index is 0.0794. The van der Waals surface area contributed by atoms with Crippen molar-refractivity contribution >= 4 is 27.4 Å². The zero-order valence-corrected chi connectivity index (χ0v) is 21.3. The molecule has 0 saturated heterocycles. The SMILES string of the molecule is CCCCOC1=C(C)C(=O)C(Cc2cccc3c2CCC(NS(=O)(=O)c2ccc(Cl)cc2)C3)C1. The van der Waals surface area contributed by atoms with Crippen LogP contribution in [0.1, 0.15) is 56.2 Å². The van der Waals surface area contributed by atoms with E-state index in [2.05, 4.69) is 23.8 Å². The van der Waals surface area contributed by atoms with E-state index >= 15 is 0 Å². The first-order valence-corrected chi connectivity index (χ1v) is 13.9. The number of fused-ring (bicyclic) bond motifs is 1. The summed E-state index contributed by atoms with van der Waals surface area (Å²) in [6.07, 6.45) is 5.56. The number of ketones is 1. The van der Waals surface area contributed by atoms with E-state index in [9.17, 15) is 13.2 Å². The van der Waals surface area contributed by atoms with Crippen LogP contribution >= 0.6 is 11.6 Å². The lowest BCUT2D eigenvalue weighted by Crippen LogP contribution is -2.39. The molecule has 2 aliphatic carbocycles. The van der Waals surface area contributed by atoms with E-state index in [0.717, 1.165) is 42.6 Å². The predicted octanol–water partition coefficient (Wildman–Crippen LogP) is 5.40. The zero-order chi connectivity index (χ0) is 24.3. The summed E-state index contributed by atoms with van der Waals surface area (Å²) in [5.41, 5.74) is 4.37. The molecule has 0 fully saturated rings. The molecule has 182 valence electrons. The molecular formula is C27H32ClNO4S. The molecule has 7 heteroatoms. The largest absolute Gasteiger partial charge is 0.498 e. The summed E-state index contributed by atoms with van der Waals surface area (Å²) in [7, 11) is -3.61. The van der Waals surface area contributed by atoms with Crippen LogP contribution in [0.4, 0.5) is 0 Å². The van der Waals surface area contributed by atoms with Crippen molar-refractivity contribution in [1.29, 1.82) is 0 Å². The maximum atomic E-state index is 12.9. The molecule has 0 aromatic heterocycles. The molecule has 0 saturated carbocycles. The Hall–Kier alpha value is -2.15. The highest BCUT2D eigenvalue weighted by Crippen LogP contribution is 2.34. The van der Waals surface area contributed by atoms with Crippen LogP contribution < -0.4 is 4.72 Å². The van der Waals surface area contributed by atoms with Crippen LogP contribution in [-0.4, -0.2) is 26.8 Å². The number of carbonyl (C=O) groups is 1. The van der Waals surface area contributed by atoms with Crippen LogP contribution in [-0.2, 0) is 38.8 Å². The topological polar surface area (TPSA) is 72.5 Å². The number of rotatable bonds is 9. The van der Waals surface area contributed by atoms with E-state index in [1.54, 1.807) is 12.1 Å². The molecule has 0 radical (unpaired) electrons. The first kappa shape index (κ1) is 25.0. The van der Waals surface area contributed by atoms with Gasteiger partial charge in [-0.15, -0.1) is 0 Å². The average Bonchev–Trinajstić information content (AvgIpc) is 3.07. The van der Waals surface area contributed by atoms with Crippen LogP contribution in [0.5, 0.6) is 0 Å². The lowest BCUT2D eigenvalue weighted by molar-refractivity contribution is -0.118.